The minimum absolute atomic E-state index is 0.0901. The summed E-state index contributed by atoms with van der Waals surface area (Å²) in [5.41, 5.74) is 4.11. The molecule has 156 valence electrons. The van der Waals surface area contributed by atoms with E-state index in [0.29, 0.717) is 12.8 Å². The van der Waals surface area contributed by atoms with Crippen LogP contribution in [-0.2, 0) is 4.79 Å². The number of carbonyl (C=O) groups excluding carboxylic acids is 1. The number of hydrogen-bond acceptors (Lipinski definition) is 2. The Kier molecular flexibility index (Phi) is 4.69. The number of hydrogen-bond donors (Lipinski definition) is 0. The second kappa shape index (κ2) is 7.15. The lowest BCUT2D eigenvalue weighted by atomic mass is 9.79. The van der Waals surface area contributed by atoms with E-state index < -0.39 is 18.1 Å². The molecule has 0 radical (unpaired) electrons. The quantitative estimate of drug-likeness (QED) is 0.379. The molecule has 2 aromatic carbocycles. The van der Waals surface area contributed by atoms with E-state index in [9.17, 15) is 18.0 Å². The van der Waals surface area contributed by atoms with E-state index in [-0.39, 0.29) is 12.5 Å². The Morgan fingerprint density at radius 3 is 2.63 bits per heavy atom. The summed E-state index contributed by atoms with van der Waals surface area (Å²) in [5, 5.41) is 0. The van der Waals surface area contributed by atoms with E-state index in [2.05, 4.69) is 15.9 Å². The third-order valence-corrected chi connectivity index (χ3v) is 6.80. The van der Waals surface area contributed by atoms with Crippen LogP contribution in [0.1, 0.15) is 36.8 Å². The van der Waals surface area contributed by atoms with E-state index in [4.69, 9.17) is 4.74 Å². The second-order valence-corrected chi connectivity index (χ2v) is 9.00. The summed E-state index contributed by atoms with van der Waals surface area (Å²) in [6, 6.07) is 13.2. The molecule has 2 unspecified atom stereocenters. The minimum Gasteiger partial charge on any atom is -0.456 e. The van der Waals surface area contributed by atoms with E-state index in [1.54, 1.807) is 0 Å². The molecule has 3 fully saturated rings. The first-order chi connectivity index (χ1) is 14.3. The lowest BCUT2D eigenvalue weighted by molar-refractivity contribution is -0.188. The van der Waals surface area contributed by atoms with Crippen molar-refractivity contribution >= 4 is 27.4 Å². The summed E-state index contributed by atoms with van der Waals surface area (Å²) in [6.45, 7) is 0.122. The molecule has 1 saturated carbocycles. The van der Waals surface area contributed by atoms with Crippen LogP contribution >= 0.6 is 15.9 Å². The van der Waals surface area contributed by atoms with Crippen LogP contribution < -0.4 is 4.74 Å². The molecule has 1 aliphatic carbocycles. The van der Waals surface area contributed by atoms with Crippen LogP contribution in [0.25, 0.3) is 5.57 Å². The number of alkyl halides is 3. The first kappa shape index (κ1) is 19.7. The zero-order valence-corrected chi connectivity index (χ0v) is 17.6. The fourth-order valence-corrected chi connectivity index (χ4v) is 5.37. The third-order valence-electron chi connectivity index (χ3n) is 6.31. The maximum Gasteiger partial charge on any atom is 0.471 e. The highest BCUT2D eigenvalue weighted by Gasteiger charge is 2.48. The standard InChI is InChI=1S/C23H19BrF3NO2/c24-14-8-9-17-20(10-14)30-19-7-2-1-6-16(19)21(17)18-11-15-5-3-4-13(18)12-28(15)22(29)23(25,26)27/h1-2,6-10,13,15H,3-5,11-12H2/b21-18+. The largest absolute Gasteiger partial charge is 0.471 e. The minimum atomic E-state index is -4.83. The topological polar surface area (TPSA) is 29.5 Å². The number of nitrogens with zero attached hydrogens (tertiary/aromatic N) is 1. The van der Waals surface area contributed by atoms with Gasteiger partial charge in [0.2, 0.25) is 0 Å². The fraction of sp³-hybridized carbons (Fsp3) is 0.348. The highest BCUT2D eigenvalue weighted by Crippen LogP contribution is 2.50. The van der Waals surface area contributed by atoms with Crippen LogP contribution in [-0.4, -0.2) is 29.6 Å². The molecule has 30 heavy (non-hydrogen) atoms. The molecule has 3 nitrogen and oxygen atoms in total. The maximum absolute atomic E-state index is 13.2. The Hall–Kier alpha value is -2.28. The molecule has 2 saturated heterocycles. The molecule has 2 bridgehead atoms. The van der Waals surface area contributed by atoms with Gasteiger partial charge in [-0.05, 0) is 55.0 Å². The number of piperidine rings is 1. The molecule has 3 heterocycles. The number of halogens is 4. The van der Waals surface area contributed by atoms with Crippen molar-refractivity contribution in [3.63, 3.8) is 0 Å². The van der Waals surface area contributed by atoms with E-state index in [0.717, 1.165) is 56.0 Å². The Bertz CT molecular complexity index is 1060. The average Bonchev–Trinajstić information content (AvgIpc) is 3.04. The molecule has 3 aliphatic heterocycles. The van der Waals surface area contributed by atoms with E-state index >= 15 is 0 Å². The summed E-state index contributed by atoms with van der Waals surface area (Å²) in [4.78, 5) is 13.1. The van der Waals surface area contributed by atoms with Gasteiger partial charge < -0.3 is 9.64 Å². The highest BCUT2D eigenvalue weighted by atomic mass is 79.9. The number of amides is 1. The lowest BCUT2D eigenvalue weighted by Crippen LogP contribution is -2.51. The molecule has 1 amide bonds. The summed E-state index contributed by atoms with van der Waals surface area (Å²) in [7, 11) is 0. The number of rotatable bonds is 0. The Labute approximate surface area is 180 Å². The number of benzene rings is 2. The Morgan fingerprint density at radius 1 is 1.07 bits per heavy atom. The van der Waals surface area contributed by atoms with Crippen molar-refractivity contribution < 1.29 is 22.7 Å². The van der Waals surface area contributed by atoms with Crippen LogP contribution in [0.4, 0.5) is 13.2 Å². The monoisotopic (exact) mass is 477 g/mol. The molecular weight excluding hydrogens is 459 g/mol. The van der Waals surface area contributed by atoms with Gasteiger partial charge in [-0.15, -0.1) is 0 Å². The van der Waals surface area contributed by atoms with Gasteiger partial charge in [0.25, 0.3) is 0 Å². The Balaban J connectivity index is 1.65. The zero-order chi connectivity index (χ0) is 21.0. The average molecular weight is 478 g/mol. The number of para-hydroxylation sites is 1. The second-order valence-electron chi connectivity index (χ2n) is 8.08. The van der Waals surface area contributed by atoms with Gasteiger partial charge >= 0.3 is 12.1 Å². The van der Waals surface area contributed by atoms with Crippen molar-refractivity contribution in [2.75, 3.05) is 6.54 Å². The summed E-state index contributed by atoms with van der Waals surface area (Å²) >= 11 is 3.49. The van der Waals surface area contributed by atoms with Gasteiger partial charge in [0.05, 0.1) is 0 Å². The van der Waals surface area contributed by atoms with Gasteiger partial charge in [-0.1, -0.05) is 46.1 Å². The number of fused-ring (bicyclic) bond motifs is 6. The van der Waals surface area contributed by atoms with Crippen LogP contribution in [0.5, 0.6) is 11.5 Å². The highest BCUT2D eigenvalue weighted by molar-refractivity contribution is 9.10. The fourth-order valence-electron chi connectivity index (χ4n) is 5.03. The third kappa shape index (κ3) is 3.23. The van der Waals surface area contributed by atoms with Crippen LogP contribution in [0.15, 0.2) is 52.5 Å². The van der Waals surface area contributed by atoms with E-state index in [1.807, 2.05) is 42.5 Å². The van der Waals surface area contributed by atoms with Crippen molar-refractivity contribution in [1.29, 1.82) is 0 Å². The molecule has 2 aromatic rings. The van der Waals surface area contributed by atoms with Crippen molar-refractivity contribution in [1.82, 2.24) is 4.90 Å². The molecule has 0 spiro atoms. The first-order valence-corrected chi connectivity index (χ1v) is 10.8. The van der Waals surface area contributed by atoms with Crippen LogP contribution in [0.3, 0.4) is 0 Å². The summed E-state index contributed by atoms with van der Waals surface area (Å²) in [6.07, 6.45) is -2.17. The number of carbonyl (C=O) groups is 1. The molecule has 6 rings (SSSR count). The molecule has 0 aromatic heterocycles. The van der Waals surface area contributed by atoms with Gasteiger partial charge in [0.15, 0.2) is 0 Å². The molecule has 0 N–H and O–H groups in total. The number of ether oxygens (including phenoxy) is 1. The predicted octanol–water partition coefficient (Wildman–Crippen LogP) is 6.32. The predicted molar refractivity (Wildman–Crippen MR) is 110 cm³/mol. The van der Waals surface area contributed by atoms with Gasteiger partial charge in [-0.2, -0.15) is 13.2 Å². The molecular formula is C23H19BrF3NO2. The van der Waals surface area contributed by atoms with Crippen molar-refractivity contribution in [2.24, 2.45) is 5.92 Å². The SMILES string of the molecule is O=C(N1CC2CCCC1C/C2=C1/c2ccccc2Oc2cc(Br)ccc21)C(F)(F)F. The zero-order valence-electron chi connectivity index (χ0n) is 16.0. The van der Waals surface area contributed by atoms with Crippen LogP contribution in [0, 0.1) is 5.92 Å². The Morgan fingerprint density at radius 2 is 1.83 bits per heavy atom. The maximum atomic E-state index is 13.2. The van der Waals surface area contributed by atoms with Gasteiger partial charge in [0, 0.05) is 28.2 Å². The van der Waals surface area contributed by atoms with Crippen LogP contribution in [0.2, 0.25) is 0 Å². The van der Waals surface area contributed by atoms with Gasteiger partial charge in [-0.3, -0.25) is 4.79 Å². The lowest BCUT2D eigenvalue weighted by Gasteiger charge is -2.40. The van der Waals surface area contributed by atoms with Crippen molar-refractivity contribution in [2.45, 2.75) is 37.9 Å². The first-order valence-electron chi connectivity index (χ1n) is 10.0. The normalized spacial score (nSPS) is 25.3. The summed E-state index contributed by atoms with van der Waals surface area (Å²) in [5.74, 6) is -0.323. The molecule has 7 heteroatoms. The molecule has 4 aliphatic rings. The smallest absolute Gasteiger partial charge is 0.456 e. The summed E-state index contributed by atoms with van der Waals surface area (Å²) < 4.78 is 46.5. The van der Waals surface area contributed by atoms with Crippen molar-refractivity contribution in [3.8, 4) is 11.5 Å². The van der Waals surface area contributed by atoms with Gasteiger partial charge in [-0.25, -0.2) is 0 Å². The van der Waals surface area contributed by atoms with Gasteiger partial charge in [0.1, 0.15) is 11.5 Å². The molecule has 2 atom stereocenters. The van der Waals surface area contributed by atoms with Crippen molar-refractivity contribution in [3.05, 3.63) is 63.6 Å². The van der Waals surface area contributed by atoms with E-state index in [1.165, 1.54) is 0 Å².